The molecule has 1 amide bonds. The van der Waals surface area contributed by atoms with Crippen LogP contribution in [0.25, 0.3) is 0 Å². The maximum atomic E-state index is 11.3. The Labute approximate surface area is 90.7 Å². The van der Waals surface area contributed by atoms with Crippen molar-refractivity contribution in [2.75, 3.05) is 33.4 Å². The zero-order valence-corrected chi connectivity index (χ0v) is 9.33. The Morgan fingerprint density at radius 2 is 2.07 bits per heavy atom. The molecule has 1 rings (SSSR count). The fraction of sp³-hybridized carbons (Fsp3) is 0.900. The van der Waals surface area contributed by atoms with Crippen LogP contribution in [0.2, 0.25) is 0 Å². The summed E-state index contributed by atoms with van der Waals surface area (Å²) in [4.78, 5) is 16.4. The summed E-state index contributed by atoms with van der Waals surface area (Å²) in [6.45, 7) is 2.96. The zero-order chi connectivity index (χ0) is 10.9. The number of amides is 1. The molecular formula is C10H20N2O3. The third-order valence-electron chi connectivity index (χ3n) is 2.32. The molecule has 0 unspecified atom stereocenters. The Morgan fingerprint density at radius 1 is 1.33 bits per heavy atom. The second-order valence-electron chi connectivity index (χ2n) is 3.64. The molecule has 0 aromatic rings. The van der Waals surface area contributed by atoms with E-state index in [2.05, 4.69) is 5.32 Å². The lowest BCUT2D eigenvalue weighted by atomic mass is 10.2. The second-order valence-corrected chi connectivity index (χ2v) is 3.64. The molecule has 0 atom stereocenters. The van der Waals surface area contributed by atoms with E-state index in [9.17, 15) is 4.79 Å². The van der Waals surface area contributed by atoms with Crippen molar-refractivity contribution in [1.29, 1.82) is 0 Å². The van der Waals surface area contributed by atoms with Crippen LogP contribution in [0.4, 0.5) is 4.79 Å². The van der Waals surface area contributed by atoms with Gasteiger partial charge in [-0.3, -0.25) is 0 Å². The van der Waals surface area contributed by atoms with Crippen LogP contribution >= 0.6 is 0 Å². The van der Waals surface area contributed by atoms with E-state index in [4.69, 9.17) is 9.57 Å². The molecule has 1 aliphatic rings. The van der Waals surface area contributed by atoms with E-state index in [1.165, 1.54) is 6.42 Å². The molecule has 1 N–H and O–H groups in total. The average molecular weight is 216 g/mol. The number of carbonyl (C=O) groups excluding carboxylic acids is 1. The molecule has 88 valence electrons. The lowest BCUT2D eigenvalue weighted by Crippen LogP contribution is -2.37. The van der Waals surface area contributed by atoms with Gasteiger partial charge in [0.25, 0.3) is 0 Å². The van der Waals surface area contributed by atoms with Gasteiger partial charge >= 0.3 is 6.09 Å². The first-order valence-corrected chi connectivity index (χ1v) is 5.52. The first-order valence-electron chi connectivity index (χ1n) is 5.52. The van der Waals surface area contributed by atoms with Crippen LogP contribution in [0.5, 0.6) is 0 Å². The van der Waals surface area contributed by atoms with Gasteiger partial charge in [-0.05, 0) is 19.3 Å². The fourth-order valence-corrected chi connectivity index (χ4v) is 1.51. The maximum absolute atomic E-state index is 11.3. The van der Waals surface area contributed by atoms with Crippen LogP contribution in [-0.4, -0.2) is 44.5 Å². The van der Waals surface area contributed by atoms with Crippen molar-refractivity contribution in [1.82, 2.24) is 10.4 Å². The standard InChI is InChI=1S/C10H20N2O3/c1-14-9-5-6-11-10(13)15-12-7-3-2-4-8-12/h2-9H2,1H3,(H,11,13). The quantitative estimate of drug-likeness (QED) is 0.700. The van der Waals surface area contributed by atoms with Crippen molar-refractivity contribution >= 4 is 6.09 Å². The Morgan fingerprint density at radius 3 is 2.73 bits per heavy atom. The first-order chi connectivity index (χ1) is 7.33. The Bertz CT molecular complexity index is 182. The van der Waals surface area contributed by atoms with Gasteiger partial charge in [0.2, 0.25) is 0 Å². The normalized spacial score (nSPS) is 17.4. The van der Waals surface area contributed by atoms with E-state index in [-0.39, 0.29) is 6.09 Å². The number of piperidine rings is 1. The van der Waals surface area contributed by atoms with Gasteiger partial charge in [-0.15, -0.1) is 5.06 Å². The number of carbonyl (C=O) groups is 1. The SMILES string of the molecule is COCCCNC(=O)ON1CCCCC1. The summed E-state index contributed by atoms with van der Waals surface area (Å²) >= 11 is 0. The molecule has 15 heavy (non-hydrogen) atoms. The minimum Gasteiger partial charge on any atom is -0.385 e. The Kier molecular flexibility index (Phi) is 6.11. The van der Waals surface area contributed by atoms with E-state index in [1.54, 1.807) is 12.2 Å². The van der Waals surface area contributed by atoms with Crippen LogP contribution in [0, 0.1) is 0 Å². The minimum atomic E-state index is -0.354. The van der Waals surface area contributed by atoms with Gasteiger partial charge < -0.3 is 14.9 Å². The number of nitrogens with zero attached hydrogens (tertiary/aromatic N) is 1. The highest BCUT2D eigenvalue weighted by atomic mass is 16.7. The summed E-state index contributed by atoms with van der Waals surface area (Å²) in [6, 6.07) is 0. The van der Waals surface area contributed by atoms with Gasteiger partial charge in [-0.25, -0.2) is 4.79 Å². The van der Waals surface area contributed by atoms with Crippen molar-refractivity contribution in [3.63, 3.8) is 0 Å². The van der Waals surface area contributed by atoms with E-state index in [0.717, 1.165) is 32.4 Å². The Hall–Kier alpha value is -0.810. The third kappa shape index (κ3) is 5.59. The van der Waals surface area contributed by atoms with Crippen molar-refractivity contribution in [2.45, 2.75) is 25.7 Å². The molecule has 1 fully saturated rings. The van der Waals surface area contributed by atoms with Crippen LogP contribution in [0.15, 0.2) is 0 Å². The van der Waals surface area contributed by atoms with Crippen molar-refractivity contribution in [3.05, 3.63) is 0 Å². The molecule has 1 heterocycles. The highest BCUT2D eigenvalue weighted by molar-refractivity contribution is 5.66. The van der Waals surface area contributed by atoms with Crippen molar-refractivity contribution in [2.24, 2.45) is 0 Å². The van der Waals surface area contributed by atoms with Gasteiger partial charge in [0.15, 0.2) is 0 Å². The predicted octanol–water partition coefficient (Wildman–Crippen LogP) is 1.15. The molecule has 0 aromatic heterocycles. The average Bonchev–Trinajstić information content (AvgIpc) is 2.26. The number of hydroxylamine groups is 2. The highest BCUT2D eigenvalue weighted by Gasteiger charge is 2.14. The number of ether oxygens (including phenoxy) is 1. The first kappa shape index (κ1) is 12.3. The molecule has 1 aliphatic heterocycles. The number of hydrogen-bond donors (Lipinski definition) is 1. The smallest absolute Gasteiger partial charge is 0.385 e. The predicted molar refractivity (Wildman–Crippen MR) is 56.4 cm³/mol. The molecule has 0 aliphatic carbocycles. The monoisotopic (exact) mass is 216 g/mol. The van der Waals surface area contributed by atoms with Crippen LogP contribution < -0.4 is 5.32 Å². The van der Waals surface area contributed by atoms with Gasteiger partial charge in [-0.2, -0.15) is 0 Å². The lowest BCUT2D eigenvalue weighted by Gasteiger charge is -2.24. The molecule has 0 aromatic carbocycles. The van der Waals surface area contributed by atoms with E-state index < -0.39 is 0 Å². The van der Waals surface area contributed by atoms with Gasteiger partial charge in [0.05, 0.1) is 0 Å². The fourth-order valence-electron chi connectivity index (χ4n) is 1.51. The van der Waals surface area contributed by atoms with Crippen LogP contribution in [0.1, 0.15) is 25.7 Å². The third-order valence-corrected chi connectivity index (χ3v) is 2.32. The van der Waals surface area contributed by atoms with Gasteiger partial charge in [0, 0.05) is 33.4 Å². The summed E-state index contributed by atoms with van der Waals surface area (Å²) in [5.74, 6) is 0. The molecule has 0 radical (unpaired) electrons. The number of hydrogen-bond acceptors (Lipinski definition) is 4. The Balaban J connectivity index is 2.01. The summed E-state index contributed by atoms with van der Waals surface area (Å²) in [6.07, 6.45) is 3.91. The van der Waals surface area contributed by atoms with Crippen molar-refractivity contribution < 1.29 is 14.4 Å². The van der Waals surface area contributed by atoms with Crippen LogP contribution in [-0.2, 0) is 9.57 Å². The summed E-state index contributed by atoms with van der Waals surface area (Å²) in [5.41, 5.74) is 0. The highest BCUT2D eigenvalue weighted by Crippen LogP contribution is 2.08. The maximum Gasteiger partial charge on any atom is 0.426 e. The van der Waals surface area contributed by atoms with E-state index in [0.29, 0.717) is 13.2 Å². The zero-order valence-electron chi connectivity index (χ0n) is 9.33. The van der Waals surface area contributed by atoms with Gasteiger partial charge in [-0.1, -0.05) is 6.42 Å². The van der Waals surface area contributed by atoms with Crippen molar-refractivity contribution in [3.8, 4) is 0 Å². The lowest BCUT2D eigenvalue weighted by molar-refractivity contribution is -0.110. The number of methoxy groups -OCH3 is 1. The second kappa shape index (κ2) is 7.48. The molecule has 0 spiro atoms. The van der Waals surface area contributed by atoms with E-state index >= 15 is 0 Å². The minimum absolute atomic E-state index is 0.354. The topological polar surface area (TPSA) is 50.8 Å². The molecule has 5 heteroatoms. The number of rotatable bonds is 5. The summed E-state index contributed by atoms with van der Waals surface area (Å²) in [7, 11) is 1.64. The number of nitrogens with one attached hydrogen (secondary N) is 1. The van der Waals surface area contributed by atoms with E-state index in [1.807, 2.05) is 0 Å². The van der Waals surface area contributed by atoms with Crippen LogP contribution in [0.3, 0.4) is 0 Å². The molecule has 1 saturated heterocycles. The molecule has 0 saturated carbocycles. The summed E-state index contributed by atoms with van der Waals surface area (Å²) < 4.78 is 4.87. The molecule has 0 bridgehead atoms. The summed E-state index contributed by atoms with van der Waals surface area (Å²) in [5, 5.41) is 4.41. The largest absolute Gasteiger partial charge is 0.426 e. The molecular weight excluding hydrogens is 196 g/mol. The molecule has 5 nitrogen and oxygen atoms in total. The van der Waals surface area contributed by atoms with Gasteiger partial charge in [0.1, 0.15) is 0 Å².